The van der Waals surface area contributed by atoms with Gasteiger partial charge in [0.15, 0.2) is 0 Å². The molecular formula is C28H28ClNO3. The highest BCUT2D eigenvalue weighted by Crippen LogP contribution is 2.58. The Labute approximate surface area is 199 Å². The molecule has 170 valence electrons. The molecule has 2 aliphatic carbocycles. The third-order valence-electron chi connectivity index (χ3n) is 7.75. The van der Waals surface area contributed by atoms with Crippen molar-refractivity contribution in [3.05, 3.63) is 94.5 Å². The van der Waals surface area contributed by atoms with Crippen molar-refractivity contribution >= 4 is 23.3 Å². The maximum absolute atomic E-state index is 12.5. The third kappa shape index (κ3) is 3.76. The van der Waals surface area contributed by atoms with Crippen molar-refractivity contribution in [2.24, 2.45) is 0 Å². The van der Waals surface area contributed by atoms with E-state index >= 15 is 0 Å². The van der Waals surface area contributed by atoms with E-state index < -0.39 is 11.5 Å². The summed E-state index contributed by atoms with van der Waals surface area (Å²) in [5.74, 6) is 0.349. The van der Waals surface area contributed by atoms with Crippen molar-refractivity contribution in [3.8, 4) is 5.75 Å². The molecule has 4 nitrogen and oxygen atoms in total. The zero-order valence-corrected chi connectivity index (χ0v) is 19.4. The van der Waals surface area contributed by atoms with Gasteiger partial charge >= 0.3 is 5.97 Å². The summed E-state index contributed by atoms with van der Waals surface area (Å²) in [5.41, 5.74) is 3.66. The monoisotopic (exact) mass is 461 g/mol. The van der Waals surface area contributed by atoms with Crippen molar-refractivity contribution < 1.29 is 14.6 Å². The fourth-order valence-corrected chi connectivity index (χ4v) is 6.25. The number of ether oxygens (including phenoxy) is 1. The van der Waals surface area contributed by atoms with Crippen LogP contribution in [-0.2, 0) is 16.6 Å². The van der Waals surface area contributed by atoms with Crippen molar-refractivity contribution in [2.45, 2.75) is 49.0 Å². The summed E-state index contributed by atoms with van der Waals surface area (Å²) in [5, 5.41) is 14.2. The summed E-state index contributed by atoms with van der Waals surface area (Å²) in [6, 6.07) is 24.3. The van der Waals surface area contributed by atoms with E-state index in [1.807, 2.05) is 18.2 Å². The normalized spacial score (nSPS) is 26.1. The molecule has 5 heteroatoms. The molecule has 1 atom stereocenters. The lowest BCUT2D eigenvalue weighted by molar-refractivity contribution is -0.144. The highest BCUT2D eigenvalue weighted by Gasteiger charge is 2.54. The summed E-state index contributed by atoms with van der Waals surface area (Å²) < 4.78 is 5.51. The van der Waals surface area contributed by atoms with Gasteiger partial charge in [-0.2, -0.15) is 0 Å². The van der Waals surface area contributed by atoms with Crippen LogP contribution in [0, 0.1) is 0 Å². The molecule has 0 radical (unpaired) electrons. The average molecular weight is 462 g/mol. The number of fused-ring (bicyclic) bond motifs is 2. The fraction of sp³-hybridized carbons (Fsp3) is 0.321. The summed E-state index contributed by atoms with van der Waals surface area (Å²) >= 11 is 6.16. The van der Waals surface area contributed by atoms with Crippen molar-refractivity contribution in [1.82, 2.24) is 0 Å². The topological polar surface area (TPSA) is 58.6 Å². The van der Waals surface area contributed by atoms with Gasteiger partial charge in [0.25, 0.3) is 0 Å². The van der Waals surface area contributed by atoms with Crippen LogP contribution in [0.5, 0.6) is 5.75 Å². The van der Waals surface area contributed by atoms with Gasteiger partial charge in [-0.3, -0.25) is 0 Å². The van der Waals surface area contributed by atoms with Gasteiger partial charge in [0.1, 0.15) is 11.3 Å². The molecule has 1 fully saturated rings. The SMILES string of the molecule is COc1cccc([C@H]2Cc3ccccc3C23CCC(Nc2cccc(Cl)c2)(C(=O)O)CC3)c1. The van der Waals surface area contributed by atoms with E-state index in [4.69, 9.17) is 16.3 Å². The molecule has 5 rings (SSSR count). The molecule has 0 amide bonds. The van der Waals surface area contributed by atoms with Crippen molar-refractivity contribution in [2.75, 3.05) is 12.4 Å². The molecule has 0 aromatic heterocycles. The molecular weight excluding hydrogens is 434 g/mol. The minimum absolute atomic E-state index is 0.0854. The first-order valence-corrected chi connectivity index (χ1v) is 11.8. The number of anilines is 1. The van der Waals surface area contributed by atoms with Crippen LogP contribution in [0.4, 0.5) is 5.69 Å². The van der Waals surface area contributed by atoms with Gasteiger partial charge < -0.3 is 15.2 Å². The molecule has 0 aliphatic heterocycles. The Kier molecular flexibility index (Phi) is 5.57. The van der Waals surface area contributed by atoms with E-state index in [-0.39, 0.29) is 5.41 Å². The van der Waals surface area contributed by atoms with E-state index in [1.54, 1.807) is 19.2 Å². The van der Waals surface area contributed by atoms with Gasteiger partial charge in [-0.1, -0.05) is 54.1 Å². The van der Waals surface area contributed by atoms with E-state index in [0.29, 0.717) is 23.8 Å². The molecule has 2 N–H and O–H groups in total. The summed E-state index contributed by atoms with van der Waals surface area (Å²) in [6.45, 7) is 0. The Morgan fingerprint density at radius 1 is 1.00 bits per heavy atom. The molecule has 1 spiro atoms. The first kappa shape index (κ1) is 21.8. The smallest absolute Gasteiger partial charge is 0.329 e. The summed E-state index contributed by atoms with van der Waals surface area (Å²) in [4.78, 5) is 12.5. The largest absolute Gasteiger partial charge is 0.497 e. The maximum Gasteiger partial charge on any atom is 0.329 e. The summed E-state index contributed by atoms with van der Waals surface area (Å²) in [6.07, 6.45) is 3.65. The lowest BCUT2D eigenvalue weighted by Gasteiger charge is -2.47. The van der Waals surface area contributed by atoms with Crippen LogP contribution in [-0.4, -0.2) is 23.7 Å². The van der Waals surface area contributed by atoms with Crippen LogP contribution in [0.15, 0.2) is 72.8 Å². The van der Waals surface area contributed by atoms with Crippen LogP contribution < -0.4 is 10.1 Å². The highest BCUT2D eigenvalue weighted by atomic mass is 35.5. The number of hydrogen-bond acceptors (Lipinski definition) is 3. The Morgan fingerprint density at radius 3 is 2.48 bits per heavy atom. The lowest BCUT2D eigenvalue weighted by atomic mass is 9.59. The molecule has 3 aromatic carbocycles. The zero-order valence-electron chi connectivity index (χ0n) is 18.7. The number of aliphatic carboxylic acids is 1. The molecule has 0 unspecified atom stereocenters. The van der Waals surface area contributed by atoms with Crippen LogP contribution in [0.3, 0.4) is 0 Å². The predicted molar refractivity (Wildman–Crippen MR) is 131 cm³/mol. The van der Waals surface area contributed by atoms with E-state index in [2.05, 4.69) is 47.8 Å². The molecule has 33 heavy (non-hydrogen) atoms. The number of carbonyl (C=O) groups is 1. The van der Waals surface area contributed by atoms with Gasteiger partial charge in [-0.15, -0.1) is 0 Å². The van der Waals surface area contributed by atoms with Gasteiger partial charge in [-0.25, -0.2) is 4.79 Å². The number of halogens is 1. The molecule has 3 aromatic rings. The van der Waals surface area contributed by atoms with E-state index in [1.165, 1.54) is 16.7 Å². The number of carboxylic acids is 1. The maximum atomic E-state index is 12.5. The van der Waals surface area contributed by atoms with Crippen LogP contribution in [0.1, 0.15) is 48.3 Å². The second-order valence-corrected chi connectivity index (χ2v) is 9.81. The quantitative estimate of drug-likeness (QED) is 0.459. The Hall–Kier alpha value is -2.98. The van der Waals surface area contributed by atoms with Crippen LogP contribution in [0.2, 0.25) is 5.02 Å². The number of carboxylic acid groups (broad SMARTS) is 1. The van der Waals surface area contributed by atoms with Crippen molar-refractivity contribution in [1.29, 1.82) is 0 Å². The zero-order chi connectivity index (χ0) is 23.1. The van der Waals surface area contributed by atoms with Crippen molar-refractivity contribution in [3.63, 3.8) is 0 Å². The molecule has 0 heterocycles. The standard InChI is InChI=1S/C28H28ClNO3/c1-33-23-10-4-7-19(16-23)25-17-20-6-2-3-11-24(20)27(25)12-14-28(15-13-27,26(31)32)30-22-9-5-8-21(29)18-22/h2-11,16,18,25,30H,12-15,17H2,1H3,(H,31,32)/t25-,27?,28?/m1/s1. The summed E-state index contributed by atoms with van der Waals surface area (Å²) in [7, 11) is 1.70. The second kappa shape index (κ2) is 8.42. The first-order chi connectivity index (χ1) is 16.0. The minimum atomic E-state index is -1.01. The number of rotatable bonds is 5. The van der Waals surface area contributed by atoms with Gasteiger partial charge in [0, 0.05) is 16.1 Å². The first-order valence-electron chi connectivity index (χ1n) is 11.5. The van der Waals surface area contributed by atoms with Crippen LogP contribution in [0.25, 0.3) is 0 Å². The molecule has 0 saturated heterocycles. The second-order valence-electron chi connectivity index (χ2n) is 9.37. The van der Waals surface area contributed by atoms with Crippen LogP contribution >= 0.6 is 11.6 Å². The molecule has 1 saturated carbocycles. The predicted octanol–water partition coefficient (Wildman–Crippen LogP) is 6.44. The molecule has 2 aliphatic rings. The Morgan fingerprint density at radius 2 is 1.76 bits per heavy atom. The minimum Gasteiger partial charge on any atom is -0.497 e. The Bertz CT molecular complexity index is 1180. The van der Waals surface area contributed by atoms with E-state index in [9.17, 15) is 9.90 Å². The molecule has 0 bridgehead atoms. The highest BCUT2D eigenvalue weighted by molar-refractivity contribution is 6.30. The van der Waals surface area contributed by atoms with Gasteiger partial charge in [0.2, 0.25) is 0 Å². The van der Waals surface area contributed by atoms with Gasteiger partial charge in [-0.05, 0) is 85.0 Å². The van der Waals surface area contributed by atoms with Gasteiger partial charge in [0.05, 0.1) is 7.11 Å². The fourth-order valence-electron chi connectivity index (χ4n) is 6.06. The average Bonchev–Trinajstić information content (AvgIpc) is 3.15. The lowest BCUT2D eigenvalue weighted by Crippen LogP contribution is -2.52. The number of benzene rings is 3. The Balaban J connectivity index is 1.51. The number of hydrogen-bond donors (Lipinski definition) is 2. The third-order valence-corrected chi connectivity index (χ3v) is 7.99. The number of nitrogens with one attached hydrogen (secondary N) is 1. The number of methoxy groups -OCH3 is 1. The van der Waals surface area contributed by atoms with E-state index in [0.717, 1.165) is 30.7 Å².